The number of nitrogens with one attached hydrogen (secondary N) is 1. The molecule has 2 rings (SSSR count). The monoisotopic (exact) mass is 454 g/mol. The summed E-state index contributed by atoms with van der Waals surface area (Å²) in [6.45, 7) is 1.49. The van der Waals surface area contributed by atoms with Crippen LogP contribution in [0.3, 0.4) is 0 Å². The van der Waals surface area contributed by atoms with Crippen molar-refractivity contribution in [2.75, 3.05) is 6.61 Å². The van der Waals surface area contributed by atoms with Crippen molar-refractivity contribution in [1.82, 2.24) is 5.32 Å². The highest BCUT2D eigenvalue weighted by Crippen LogP contribution is 2.18. The molecule has 2 aromatic carbocycles. The number of hydrogen-bond acceptors (Lipinski definition) is 7. The second-order valence-electron chi connectivity index (χ2n) is 7.15. The van der Waals surface area contributed by atoms with Gasteiger partial charge in [0.05, 0.1) is 18.2 Å². The van der Waals surface area contributed by atoms with Gasteiger partial charge in [-0.15, -0.1) is 0 Å². The maximum Gasteiger partial charge on any atom is 0.326 e. The van der Waals surface area contributed by atoms with Gasteiger partial charge in [-0.2, -0.15) is 4.99 Å². The molecule has 0 heterocycles. The molecule has 2 atom stereocenters. The predicted molar refractivity (Wildman–Crippen MR) is 115 cm³/mol. The number of carboxylic acids is 2. The van der Waals surface area contributed by atoms with Crippen LogP contribution < -0.4 is 10.1 Å². The van der Waals surface area contributed by atoms with Gasteiger partial charge in [-0.25, -0.2) is 9.59 Å². The quantitative estimate of drug-likeness (QED) is 0.250. The molecule has 172 valence electrons. The van der Waals surface area contributed by atoms with E-state index >= 15 is 0 Å². The Kier molecular flexibility index (Phi) is 9.02. The summed E-state index contributed by atoms with van der Waals surface area (Å²) in [4.78, 5) is 60.3. The summed E-state index contributed by atoms with van der Waals surface area (Å²) >= 11 is 0. The third-order valence-corrected chi connectivity index (χ3v) is 4.63. The largest absolute Gasteiger partial charge is 0.493 e. The molecule has 10 heteroatoms. The molecule has 0 bridgehead atoms. The molecule has 0 radical (unpaired) electrons. The number of ether oxygens (including phenoxy) is 1. The minimum Gasteiger partial charge on any atom is -0.493 e. The van der Waals surface area contributed by atoms with E-state index in [1.807, 2.05) is 0 Å². The first kappa shape index (κ1) is 25.0. The number of benzene rings is 2. The van der Waals surface area contributed by atoms with E-state index in [0.29, 0.717) is 22.6 Å². The number of ketones is 1. The number of isocyanates is 1. The van der Waals surface area contributed by atoms with Gasteiger partial charge in [0.15, 0.2) is 5.78 Å². The first-order valence-electron chi connectivity index (χ1n) is 9.91. The summed E-state index contributed by atoms with van der Waals surface area (Å²) in [6, 6.07) is 11.1. The zero-order valence-corrected chi connectivity index (χ0v) is 17.7. The Morgan fingerprint density at radius 2 is 1.58 bits per heavy atom. The van der Waals surface area contributed by atoms with Crippen molar-refractivity contribution < 1.29 is 38.9 Å². The Morgan fingerprint density at radius 1 is 1.00 bits per heavy atom. The number of carbonyl (C=O) groups is 4. The lowest BCUT2D eigenvalue weighted by atomic mass is 10.0. The molecule has 0 aliphatic rings. The van der Waals surface area contributed by atoms with E-state index in [1.165, 1.54) is 18.2 Å². The second kappa shape index (κ2) is 11.9. The van der Waals surface area contributed by atoms with Crippen LogP contribution >= 0.6 is 0 Å². The minimum atomic E-state index is -1.32. The Morgan fingerprint density at radius 3 is 2.09 bits per heavy atom. The first-order valence-corrected chi connectivity index (χ1v) is 9.91. The van der Waals surface area contributed by atoms with E-state index in [4.69, 9.17) is 14.9 Å². The Bertz CT molecular complexity index is 1060. The van der Waals surface area contributed by atoms with Gasteiger partial charge in [-0.05, 0) is 55.0 Å². The highest BCUT2D eigenvalue weighted by atomic mass is 16.5. The fourth-order valence-corrected chi connectivity index (χ4v) is 2.75. The predicted octanol–water partition coefficient (Wildman–Crippen LogP) is 2.33. The zero-order valence-electron chi connectivity index (χ0n) is 17.7. The van der Waals surface area contributed by atoms with Crippen LogP contribution in [0.5, 0.6) is 5.75 Å². The zero-order chi connectivity index (χ0) is 24.4. The van der Waals surface area contributed by atoms with Gasteiger partial charge in [0.1, 0.15) is 11.8 Å². The molecular weight excluding hydrogens is 432 g/mol. The molecule has 3 N–H and O–H groups in total. The number of rotatable bonds is 12. The number of nitrogens with zero attached hydrogens (tertiary/aromatic N) is 1. The van der Waals surface area contributed by atoms with Gasteiger partial charge in [-0.1, -0.05) is 6.92 Å². The number of aliphatic carboxylic acids is 2. The average molecular weight is 454 g/mol. The van der Waals surface area contributed by atoms with E-state index in [9.17, 15) is 24.0 Å². The van der Waals surface area contributed by atoms with Crippen LogP contribution in [0.1, 0.15) is 35.7 Å². The lowest BCUT2D eigenvalue weighted by Crippen LogP contribution is -2.44. The van der Waals surface area contributed by atoms with Crippen LogP contribution in [-0.4, -0.2) is 52.6 Å². The molecule has 10 nitrogen and oxygen atoms in total. The molecule has 0 aliphatic carbocycles. The molecule has 0 saturated heterocycles. The van der Waals surface area contributed by atoms with E-state index in [-0.39, 0.29) is 25.2 Å². The van der Waals surface area contributed by atoms with E-state index in [1.54, 1.807) is 43.3 Å². The molecule has 0 aliphatic heterocycles. The van der Waals surface area contributed by atoms with Crippen molar-refractivity contribution in [1.29, 1.82) is 0 Å². The lowest BCUT2D eigenvalue weighted by Gasteiger charge is -2.18. The third kappa shape index (κ3) is 7.71. The topological polar surface area (TPSA) is 159 Å². The SMILES string of the molecule is CC(COc1ccc(C(=O)c2ccc(N=C=O)cc2)cc1)C(=O)NC(CCC(=O)O)C(=O)O. The normalized spacial score (nSPS) is 12.0. The van der Waals surface area contributed by atoms with Crippen molar-refractivity contribution >= 4 is 35.4 Å². The molecule has 2 aromatic rings. The number of carbonyl (C=O) groups excluding carboxylic acids is 3. The first-order chi connectivity index (χ1) is 15.7. The van der Waals surface area contributed by atoms with Crippen LogP contribution in [0, 0.1) is 5.92 Å². The maximum atomic E-state index is 12.5. The second-order valence-corrected chi connectivity index (χ2v) is 7.15. The summed E-state index contributed by atoms with van der Waals surface area (Å²) in [5, 5.41) is 20.1. The smallest absolute Gasteiger partial charge is 0.326 e. The summed E-state index contributed by atoms with van der Waals surface area (Å²) in [5.74, 6) is -3.59. The molecule has 0 spiro atoms. The van der Waals surface area contributed by atoms with Crippen molar-refractivity contribution in [2.24, 2.45) is 10.9 Å². The number of hydrogen-bond donors (Lipinski definition) is 3. The molecule has 1 amide bonds. The molecule has 0 aromatic heterocycles. The third-order valence-electron chi connectivity index (χ3n) is 4.63. The lowest BCUT2D eigenvalue weighted by molar-refractivity contribution is -0.143. The Balaban J connectivity index is 1.91. The number of carboxylic acid groups (broad SMARTS) is 2. The van der Waals surface area contributed by atoms with E-state index in [2.05, 4.69) is 10.3 Å². The van der Waals surface area contributed by atoms with Gasteiger partial charge in [0, 0.05) is 17.5 Å². The van der Waals surface area contributed by atoms with Gasteiger partial charge >= 0.3 is 11.9 Å². The number of aliphatic imine (C=N–C) groups is 1. The summed E-state index contributed by atoms with van der Waals surface area (Å²) in [6.07, 6.45) is 0.810. The molecule has 0 fully saturated rings. The average Bonchev–Trinajstić information content (AvgIpc) is 2.80. The van der Waals surface area contributed by atoms with Crippen LogP contribution in [0.25, 0.3) is 0 Å². The summed E-state index contributed by atoms with van der Waals surface area (Å²) in [5.41, 5.74) is 1.21. The Labute approximate surface area is 188 Å². The van der Waals surface area contributed by atoms with E-state index < -0.39 is 29.8 Å². The van der Waals surface area contributed by atoms with Crippen LogP contribution in [0.2, 0.25) is 0 Å². The molecular formula is C23H22N2O8. The molecule has 33 heavy (non-hydrogen) atoms. The highest BCUT2D eigenvalue weighted by Gasteiger charge is 2.24. The van der Waals surface area contributed by atoms with Crippen molar-refractivity contribution in [3.05, 3.63) is 59.7 Å². The van der Waals surface area contributed by atoms with E-state index in [0.717, 1.165) is 0 Å². The Hall–Kier alpha value is -4.30. The minimum absolute atomic E-state index is 0.0525. The van der Waals surface area contributed by atoms with Crippen molar-refractivity contribution in [2.45, 2.75) is 25.8 Å². The van der Waals surface area contributed by atoms with Gasteiger partial charge in [0.2, 0.25) is 12.0 Å². The van der Waals surface area contributed by atoms with Gasteiger partial charge < -0.3 is 20.3 Å². The highest BCUT2D eigenvalue weighted by molar-refractivity contribution is 6.09. The van der Waals surface area contributed by atoms with Crippen molar-refractivity contribution in [3.63, 3.8) is 0 Å². The fraction of sp³-hybridized carbons (Fsp3) is 0.261. The maximum absolute atomic E-state index is 12.5. The summed E-state index contributed by atoms with van der Waals surface area (Å²) < 4.78 is 5.55. The van der Waals surface area contributed by atoms with Gasteiger partial charge in [0.25, 0.3) is 0 Å². The standard InChI is InChI=1S/C23H22N2O8/c1-14(22(30)25-19(23(31)32)10-11-20(27)28)12-33-18-8-4-16(5-9-18)21(29)15-2-6-17(7-3-15)24-13-26/h2-9,14,19H,10-12H2,1H3,(H,25,30)(H,27,28)(H,31,32). The fourth-order valence-electron chi connectivity index (χ4n) is 2.75. The summed E-state index contributed by atoms with van der Waals surface area (Å²) in [7, 11) is 0. The van der Waals surface area contributed by atoms with Crippen molar-refractivity contribution in [3.8, 4) is 5.75 Å². The van der Waals surface area contributed by atoms with Crippen LogP contribution in [0.4, 0.5) is 5.69 Å². The van der Waals surface area contributed by atoms with Crippen LogP contribution in [0.15, 0.2) is 53.5 Å². The molecule has 0 saturated carbocycles. The van der Waals surface area contributed by atoms with Gasteiger partial charge in [-0.3, -0.25) is 14.4 Å². The van der Waals surface area contributed by atoms with Crippen LogP contribution in [-0.2, 0) is 19.2 Å². The number of amides is 1. The molecule has 2 unspecified atom stereocenters.